The molecule has 2 aromatic carbocycles. The molecule has 0 atom stereocenters. The summed E-state index contributed by atoms with van der Waals surface area (Å²) >= 11 is 0. The number of rotatable bonds is 32. The smallest absolute Gasteiger partial charge is 0.177 e. The SMILES string of the molecule is CCCCCCCCCc1ccc2c(c1CCCCCCCCC)Oc1c(CCCCCCCCC)c(O)c(O)c(CCCCCCCCC)c1O2. The minimum absolute atomic E-state index is 0.00239. The van der Waals surface area contributed by atoms with Crippen LogP contribution in [-0.2, 0) is 25.7 Å². The number of phenolic OH excluding ortho intramolecular Hbond substituents is 2. The monoisotopic (exact) mass is 721 g/mol. The summed E-state index contributed by atoms with van der Waals surface area (Å²) in [5.41, 5.74) is 4.11. The molecule has 0 saturated carbocycles. The van der Waals surface area contributed by atoms with Gasteiger partial charge in [0.2, 0.25) is 0 Å². The molecule has 0 fully saturated rings. The zero-order valence-corrected chi connectivity index (χ0v) is 34.5. The average Bonchev–Trinajstić information content (AvgIpc) is 3.15. The van der Waals surface area contributed by atoms with Crippen LogP contribution < -0.4 is 9.47 Å². The Hall–Kier alpha value is -2.36. The largest absolute Gasteiger partial charge is 0.504 e. The van der Waals surface area contributed by atoms with Gasteiger partial charge in [-0.15, -0.1) is 0 Å². The predicted octanol–water partition coefficient (Wildman–Crippen LogP) is 16.2. The first-order chi connectivity index (χ1) is 25.6. The highest BCUT2D eigenvalue weighted by atomic mass is 16.6. The Bertz CT molecular complexity index is 1230. The van der Waals surface area contributed by atoms with Gasteiger partial charge < -0.3 is 19.7 Å². The van der Waals surface area contributed by atoms with Crippen molar-refractivity contribution < 1.29 is 19.7 Å². The second-order valence-electron chi connectivity index (χ2n) is 16.0. The van der Waals surface area contributed by atoms with Crippen molar-refractivity contribution in [3.63, 3.8) is 0 Å². The van der Waals surface area contributed by atoms with Crippen molar-refractivity contribution in [2.24, 2.45) is 0 Å². The summed E-state index contributed by atoms with van der Waals surface area (Å²) in [6.45, 7) is 9.08. The van der Waals surface area contributed by atoms with Gasteiger partial charge in [-0.1, -0.05) is 188 Å². The second-order valence-corrected chi connectivity index (χ2v) is 16.0. The first-order valence-electron chi connectivity index (χ1n) is 22.7. The Morgan fingerprint density at radius 3 is 1.08 bits per heavy atom. The van der Waals surface area contributed by atoms with Crippen LogP contribution in [0.1, 0.15) is 230 Å². The van der Waals surface area contributed by atoms with Gasteiger partial charge in [0.15, 0.2) is 34.5 Å². The van der Waals surface area contributed by atoms with Gasteiger partial charge in [0.25, 0.3) is 0 Å². The first kappa shape index (κ1) is 44.0. The van der Waals surface area contributed by atoms with Crippen molar-refractivity contribution >= 4 is 0 Å². The van der Waals surface area contributed by atoms with Crippen molar-refractivity contribution in [3.8, 4) is 34.5 Å². The normalized spacial score (nSPS) is 12.1. The number of phenols is 2. The van der Waals surface area contributed by atoms with Gasteiger partial charge in [-0.05, 0) is 63.0 Å². The van der Waals surface area contributed by atoms with Crippen LogP contribution >= 0.6 is 0 Å². The van der Waals surface area contributed by atoms with Gasteiger partial charge in [0.1, 0.15) is 0 Å². The molecule has 0 radical (unpaired) electrons. The third-order valence-electron chi connectivity index (χ3n) is 11.4. The Labute approximate surface area is 320 Å². The topological polar surface area (TPSA) is 58.9 Å². The fourth-order valence-corrected chi connectivity index (χ4v) is 8.06. The molecule has 3 rings (SSSR count). The number of hydrogen-bond acceptors (Lipinski definition) is 4. The Kier molecular flexibility index (Phi) is 23.1. The molecule has 0 saturated heterocycles. The van der Waals surface area contributed by atoms with Crippen molar-refractivity contribution in [1.82, 2.24) is 0 Å². The van der Waals surface area contributed by atoms with E-state index in [1.54, 1.807) is 0 Å². The van der Waals surface area contributed by atoms with Crippen LogP contribution in [0.3, 0.4) is 0 Å². The number of ether oxygens (including phenoxy) is 2. The molecular formula is C48H80O4. The van der Waals surface area contributed by atoms with E-state index in [1.807, 2.05) is 0 Å². The molecule has 2 aromatic rings. The van der Waals surface area contributed by atoms with E-state index in [1.165, 1.54) is 159 Å². The molecule has 0 aliphatic carbocycles. The molecule has 1 aliphatic rings. The number of unbranched alkanes of at least 4 members (excludes halogenated alkanes) is 24. The maximum atomic E-state index is 11.6. The number of fused-ring (bicyclic) bond motifs is 2. The molecule has 0 bridgehead atoms. The number of hydrogen-bond donors (Lipinski definition) is 2. The molecule has 1 aliphatic heterocycles. The maximum absolute atomic E-state index is 11.6. The van der Waals surface area contributed by atoms with E-state index >= 15 is 0 Å². The standard InChI is InChI=1S/C48H80O4/c1-5-9-13-17-21-25-29-33-39-37-38-43-46(40(39)34-30-26-22-18-14-10-6-2)52-48-42(36-32-28-24-20-16-12-8-4)45(50)44(49)41(47(48)51-43)35-31-27-23-19-15-11-7-3/h37-38,49-50H,5-36H2,1-4H3. The molecular weight excluding hydrogens is 641 g/mol. The third kappa shape index (κ3) is 15.2. The highest BCUT2D eigenvalue weighted by Gasteiger charge is 2.32. The van der Waals surface area contributed by atoms with E-state index in [-0.39, 0.29) is 11.5 Å². The van der Waals surface area contributed by atoms with E-state index in [2.05, 4.69) is 39.8 Å². The molecule has 4 nitrogen and oxygen atoms in total. The first-order valence-corrected chi connectivity index (χ1v) is 22.7. The lowest BCUT2D eigenvalue weighted by Crippen LogP contribution is -2.10. The van der Waals surface area contributed by atoms with Crippen LogP contribution in [0.5, 0.6) is 34.5 Å². The molecule has 52 heavy (non-hydrogen) atoms. The zero-order valence-electron chi connectivity index (χ0n) is 34.5. The Balaban J connectivity index is 1.86. The molecule has 2 N–H and O–H groups in total. The minimum atomic E-state index is -0.00594. The number of benzene rings is 2. The van der Waals surface area contributed by atoms with E-state index in [0.717, 1.165) is 62.0 Å². The highest BCUT2D eigenvalue weighted by Crippen LogP contribution is 2.56. The van der Waals surface area contributed by atoms with Crippen molar-refractivity contribution in [2.75, 3.05) is 0 Å². The van der Waals surface area contributed by atoms with Gasteiger partial charge in [0.05, 0.1) is 0 Å². The fraction of sp³-hybridized carbons (Fsp3) is 0.750. The molecule has 0 spiro atoms. The van der Waals surface area contributed by atoms with Crippen LogP contribution in [0.2, 0.25) is 0 Å². The van der Waals surface area contributed by atoms with Gasteiger partial charge in [-0.3, -0.25) is 0 Å². The Morgan fingerprint density at radius 1 is 0.346 bits per heavy atom. The number of aromatic hydroxyl groups is 2. The molecule has 4 heteroatoms. The lowest BCUT2D eigenvalue weighted by Gasteiger charge is -2.29. The van der Waals surface area contributed by atoms with Crippen LogP contribution in [0.15, 0.2) is 12.1 Å². The fourth-order valence-electron chi connectivity index (χ4n) is 8.06. The van der Waals surface area contributed by atoms with E-state index in [4.69, 9.17) is 9.47 Å². The van der Waals surface area contributed by atoms with E-state index in [0.29, 0.717) is 29.9 Å². The van der Waals surface area contributed by atoms with Crippen molar-refractivity contribution in [2.45, 2.75) is 233 Å². The van der Waals surface area contributed by atoms with E-state index < -0.39 is 0 Å². The molecule has 0 unspecified atom stereocenters. The van der Waals surface area contributed by atoms with Crippen molar-refractivity contribution in [1.29, 1.82) is 0 Å². The number of aryl methyl sites for hydroxylation is 1. The second kappa shape index (κ2) is 27.3. The van der Waals surface area contributed by atoms with Gasteiger partial charge in [-0.2, -0.15) is 0 Å². The third-order valence-corrected chi connectivity index (χ3v) is 11.4. The quantitative estimate of drug-likeness (QED) is 0.0498. The van der Waals surface area contributed by atoms with Crippen LogP contribution in [0.4, 0.5) is 0 Å². The summed E-state index contributed by atoms with van der Waals surface area (Å²) in [5, 5.41) is 23.1. The van der Waals surface area contributed by atoms with Crippen LogP contribution in [0, 0.1) is 0 Å². The summed E-state index contributed by atoms with van der Waals surface area (Å²) in [4.78, 5) is 0. The zero-order chi connectivity index (χ0) is 37.2. The van der Waals surface area contributed by atoms with Crippen LogP contribution in [-0.4, -0.2) is 10.2 Å². The molecule has 0 aromatic heterocycles. The molecule has 0 amide bonds. The summed E-state index contributed by atoms with van der Waals surface area (Å²) in [5.74, 6) is 2.90. The Morgan fingerprint density at radius 2 is 0.673 bits per heavy atom. The van der Waals surface area contributed by atoms with Gasteiger partial charge in [0, 0.05) is 16.7 Å². The minimum Gasteiger partial charge on any atom is -0.504 e. The van der Waals surface area contributed by atoms with E-state index in [9.17, 15) is 10.2 Å². The van der Waals surface area contributed by atoms with Gasteiger partial charge in [-0.25, -0.2) is 0 Å². The van der Waals surface area contributed by atoms with Crippen LogP contribution in [0.25, 0.3) is 0 Å². The maximum Gasteiger partial charge on any atom is 0.177 e. The summed E-state index contributed by atoms with van der Waals surface area (Å²) in [6, 6.07) is 4.40. The highest BCUT2D eigenvalue weighted by molar-refractivity contribution is 5.70. The molecule has 296 valence electrons. The summed E-state index contributed by atoms with van der Waals surface area (Å²) < 4.78 is 13.8. The van der Waals surface area contributed by atoms with Crippen molar-refractivity contribution in [3.05, 3.63) is 34.4 Å². The average molecular weight is 721 g/mol. The summed E-state index contributed by atoms with van der Waals surface area (Å²) in [6.07, 6.45) is 38.3. The lowest BCUT2D eigenvalue weighted by atomic mass is 9.93. The van der Waals surface area contributed by atoms with Gasteiger partial charge >= 0.3 is 0 Å². The summed E-state index contributed by atoms with van der Waals surface area (Å²) in [7, 11) is 0. The lowest BCUT2D eigenvalue weighted by molar-refractivity contribution is 0.331. The molecule has 1 heterocycles. The predicted molar refractivity (Wildman–Crippen MR) is 223 cm³/mol.